The standard InChI is InChI=1S/C22H26N2O4/c1-16(2)21(24-19(25)13-17-9-5-3-6-10-17)22(27)28-15-20(26)23-14-18-11-7-4-8-12-18/h3-12,16,21H,13-15H2,1-2H3,(H,23,26)(H,24,25). The Morgan fingerprint density at radius 2 is 1.43 bits per heavy atom. The van der Waals surface area contributed by atoms with E-state index in [-0.39, 0.29) is 24.9 Å². The van der Waals surface area contributed by atoms with Gasteiger partial charge < -0.3 is 15.4 Å². The van der Waals surface area contributed by atoms with Gasteiger partial charge in [0.1, 0.15) is 6.04 Å². The number of ether oxygens (including phenoxy) is 1. The van der Waals surface area contributed by atoms with Gasteiger partial charge >= 0.3 is 5.97 Å². The van der Waals surface area contributed by atoms with E-state index in [9.17, 15) is 14.4 Å². The summed E-state index contributed by atoms with van der Waals surface area (Å²) in [5, 5.41) is 5.39. The fourth-order valence-electron chi connectivity index (χ4n) is 2.58. The Labute approximate surface area is 165 Å². The first kappa shape index (κ1) is 21.2. The number of hydrogen-bond acceptors (Lipinski definition) is 4. The maximum Gasteiger partial charge on any atom is 0.329 e. The van der Waals surface area contributed by atoms with Crippen molar-refractivity contribution in [3.05, 3.63) is 71.8 Å². The van der Waals surface area contributed by atoms with E-state index < -0.39 is 17.9 Å². The molecule has 2 rings (SSSR count). The summed E-state index contributed by atoms with van der Waals surface area (Å²) in [5.41, 5.74) is 1.81. The molecule has 0 saturated heterocycles. The van der Waals surface area contributed by atoms with Crippen LogP contribution in [0, 0.1) is 5.92 Å². The van der Waals surface area contributed by atoms with E-state index in [1.807, 2.05) is 74.5 Å². The Balaban J connectivity index is 1.79. The summed E-state index contributed by atoms with van der Waals surface area (Å²) in [7, 11) is 0. The van der Waals surface area contributed by atoms with Crippen LogP contribution in [-0.4, -0.2) is 30.4 Å². The van der Waals surface area contributed by atoms with Crippen molar-refractivity contribution in [1.82, 2.24) is 10.6 Å². The van der Waals surface area contributed by atoms with E-state index in [1.165, 1.54) is 0 Å². The molecule has 0 aromatic heterocycles. The summed E-state index contributed by atoms with van der Waals surface area (Å²) >= 11 is 0. The Morgan fingerprint density at radius 3 is 2.00 bits per heavy atom. The predicted molar refractivity (Wildman–Crippen MR) is 106 cm³/mol. The van der Waals surface area contributed by atoms with Gasteiger partial charge in [0.05, 0.1) is 6.42 Å². The molecule has 2 aromatic rings. The van der Waals surface area contributed by atoms with Gasteiger partial charge in [-0.15, -0.1) is 0 Å². The average molecular weight is 382 g/mol. The highest BCUT2D eigenvalue weighted by atomic mass is 16.5. The Morgan fingerprint density at radius 1 is 0.857 bits per heavy atom. The number of esters is 1. The lowest BCUT2D eigenvalue weighted by atomic mass is 10.0. The number of benzene rings is 2. The van der Waals surface area contributed by atoms with Gasteiger partial charge in [-0.3, -0.25) is 9.59 Å². The van der Waals surface area contributed by atoms with Crippen molar-refractivity contribution in [3.8, 4) is 0 Å². The number of hydrogen-bond donors (Lipinski definition) is 2. The minimum absolute atomic E-state index is 0.167. The molecule has 1 atom stereocenters. The van der Waals surface area contributed by atoms with Gasteiger partial charge in [-0.2, -0.15) is 0 Å². The van der Waals surface area contributed by atoms with E-state index in [0.29, 0.717) is 6.54 Å². The molecule has 0 saturated carbocycles. The molecule has 1 unspecified atom stereocenters. The minimum atomic E-state index is -0.807. The molecule has 0 heterocycles. The number of rotatable bonds is 9. The van der Waals surface area contributed by atoms with Crippen LogP contribution in [0.3, 0.4) is 0 Å². The molecule has 2 aromatic carbocycles. The lowest BCUT2D eigenvalue weighted by molar-refractivity contribution is -0.152. The smallest absolute Gasteiger partial charge is 0.329 e. The fraction of sp³-hybridized carbons (Fsp3) is 0.318. The zero-order chi connectivity index (χ0) is 20.4. The van der Waals surface area contributed by atoms with Gasteiger partial charge in [0.2, 0.25) is 5.91 Å². The maximum absolute atomic E-state index is 12.3. The molecule has 0 bridgehead atoms. The van der Waals surface area contributed by atoms with Crippen LogP contribution < -0.4 is 10.6 Å². The van der Waals surface area contributed by atoms with Gasteiger partial charge in [-0.05, 0) is 17.0 Å². The molecule has 2 N–H and O–H groups in total. The van der Waals surface area contributed by atoms with E-state index in [4.69, 9.17) is 4.74 Å². The van der Waals surface area contributed by atoms with Crippen molar-refractivity contribution in [3.63, 3.8) is 0 Å². The van der Waals surface area contributed by atoms with Crippen molar-refractivity contribution in [2.45, 2.75) is 32.9 Å². The molecule has 148 valence electrons. The summed E-state index contributed by atoms with van der Waals surface area (Å²) in [4.78, 5) is 36.5. The van der Waals surface area contributed by atoms with Gasteiger partial charge in [-0.1, -0.05) is 74.5 Å². The maximum atomic E-state index is 12.3. The normalized spacial score (nSPS) is 11.5. The molecule has 2 amide bonds. The third kappa shape index (κ3) is 7.23. The zero-order valence-electron chi connectivity index (χ0n) is 16.2. The monoisotopic (exact) mass is 382 g/mol. The van der Waals surface area contributed by atoms with Gasteiger partial charge in [0, 0.05) is 6.54 Å². The average Bonchev–Trinajstić information content (AvgIpc) is 2.70. The largest absolute Gasteiger partial charge is 0.454 e. The molecule has 28 heavy (non-hydrogen) atoms. The van der Waals surface area contributed by atoms with Crippen LogP contribution in [0.1, 0.15) is 25.0 Å². The number of carbonyl (C=O) groups is 3. The molecule has 0 spiro atoms. The first-order valence-electron chi connectivity index (χ1n) is 9.26. The fourth-order valence-corrected chi connectivity index (χ4v) is 2.58. The molecule has 6 nitrogen and oxygen atoms in total. The Kier molecular flexibility index (Phi) is 8.21. The highest BCUT2D eigenvalue weighted by molar-refractivity contribution is 5.87. The van der Waals surface area contributed by atoms with Crippen molar-refractivity contribution < 1.29 is 19.1 Å². The lowest BCUT2D eigenvalue weighted by Gasteiger charge is -2.20. The van der Waals surface area contributed by atoms with E-state index >= 15 is 0 Å². The molecular weight excluding hydrogens is 356 g/mol. The number of carbonyl (C=O) groups excluding carboxylic acids is 3. The lowest BCUT2D eigenvalue weighted by Crippen LogP contribution is -2.46. The van der Waals surface area contributed by atoms with E-state index in [2.05, 4.69) is 10.6 Å². The molecule has 6 heteroatoms. The van der Waals surface area contributed by atoms with Crippen LogP contribution in [0.15, 0.2) is 60.7 Å². The highest BCUT2D eigenvalue weighted by Crippen LogP contribution is 2.06. The third-order valence-corrected chi connectivity index (χ3v) is 4.12. The van der Waals surface area contributed by atoms with Crippen molar-refractivity contribution in [2.75, 3.05) is 6.61 Å². The second-order valence-electron chi connectivity index (χ2n) is 6.82. The zero-order valence-corrected chi connectivity index (χ0v) is 16.2. The van der Waals surface area contributed by atoms with Crippen molar-refractivity contribution >= 4 is 17.8 Å². The summed E-state index contributed by atoms with van der Waals surface area (Å²) in [6.07, 6.45) is 0.175. The van der Waals surface area contributed by atoms with Crippen LogP contribution in [0.4, 0.5) is 0 Å². The first-order valence-corrected chi connectivity index (χ1v) is 9.26. The molecule has 0 aliphatic heterocycles. The second kappa shape index (κ2) is 10.9. The third-order valence-electron chi connectivity index (χ3n) is 4.12. The van der Waals surface area contributed by atoms with Crippen LogP contribution in [-0.2, 0) is 32.1 Å². The van der Waals surface area contributed by atoms with Gasteiger partial charge in [-0.25, -0.2) is 4.79 Å². The molecular formula is C22H26N2O4. The molecule has 0 aliphatic carbocycles. The van der Waals surface area contributed by atoms with Crippen LogP contribution >= 0.6 is 0 Å². The number of nitrogens with one attached hydrogen (secondary N) is 2. The Hall–Kier alpha value is -3.15. The van der Waals surface area contributed by atoms with Crippen molar-refractivity contribution in [2.24, 2.45) is 5.92 Å². The highest BCUT2D eigenvalue weighted by Gasteiger charge is 2.26. The summed E-state index contributed by atoms with van der Waals surface area (Å²) < 4.78 is 5.10. The Bertz CT molecular complexity index is 776. The quantitative estimate of drug-likeness (QED) is 0.652. The first-order chi connectivity index (χ1) is 13.5. The summed E-state index contributed by atoms with van der Waals surface area (Å²) in [5.74, 6) is -1.45. The molecule has 0 radical (unpaired) electrons. The van der Waals surface area contributed by atoms with Gasteiger partial charge in [0.15, 0.2) is 6.61 Å². The van der Waals surface area contributed by atoms with Crippen molar-refractivity contribution in [1.29, 1.82) is 0 Å². The predicted octanol–water partition coefficient (Wildman–Crippen LogP) is 2.23. The topological polar surface area (TPSA) is 84.5 Å². The molecule has 0 fully saturated rings. The van der Waals surface area contributed by atoms with Gasteiger partial charge in [0.25, 0.3) is 5.91 Å². The summed E-state index contributed by atoms with van der Waals surface area (Å²) in [6.45, 7) is 3.59. The number of amides is 2. The minimum Gasteiger partial charge on any atom is -0.454 e. The SMILES string of the molecule is CC(C)C(NC(=O)Cc1ccccc1)C(=O)OCC(=O)NCc1ccccc1. The summed E-state index contributed by atoms with van der Waals surface area (Å²) in [6, 6.07) is 17.9. The molecule has 0 aliphatic rings. The van der Waals surface area contributed by atoms with E-state index in [1.54, 1.807) is 0 Å². The van der Waals surface area contributed by atoms with E-state index in [0.717, 1.165) is 11.1 Å². The second-order valence-corrected chi connectivity index (χ2v) is 6.82. The van der Waals surface area contributed by atoms with Crippen LogP contribution in [0.2, 0.25) is 0 Å². The van der Waals surface area contributed by atoms with Crippen LogP contribution in [0.25, 0.3) is 0 Å². The van der Waals surface area contributed by atoms with Crippen LogP contribution in [0.5, 0.6) is 0 Å².